The van der Waals surface area contributed by atoms with Gasteiger partial charge in [-0.15, -0.1) is 0 Å². The van der Waals surface area contributed by atoms with E-state index in [0.717, 1.165) is 35.2 Å². The van der Waals surface area contributed by atoms with Gasteiger partial charge in [0.1, 0.15) is 0 Å². The predicted molar refractivity (Wildman–Crippen MR) is 70.4 cm³/mol. The maximum atomic E-state index is 11.8. The number of fused-ring (bicyclic) bond motifs is 1. The molecule has 1 aliphatic heterocycles. The third kappa shape index (κ3) is 1.78. The molecule has 2 heterocycles. The van der Waals surface area contributed by atoms with Crippen molar-refractivity contribution in [3.63, 3.8) is 0 Å². The van der Waals surface area contributed by atoms with E-state index >= 15 is 0 Å². The normalized spacial score (nSPS) is 13.9. The molecule has 1 N–H and O–H groups in total. The van der Waals surface area contributed by atoms with Crippen molar-refractivity contribution in [2.45, 2.75) is 13.3 Å². The summed E-state index contributed by atoms with van der Waals surface area (Å²) in [7, 11) is 0. The van der Waals surface area contributed by atoms with E-state index in [0.29, 0.717) is 0 Å². The molecule has 3 nitrogen and oxygen atoms in total. The minimum atomic E-state index is 0.0274. The second kappa shape index (κ2) is 4.26. The Morgan fingerprint density at radius 1 is 1.22 bits per heavy atom. The number of benzene rings is 1. The number of carbonyl (C=O) groups is 1. The molecule has 90 valence electrons. The van der Waals surface area contributed by atoms with Crippen molar-refractivity contribution in [1.82, 2.24) is 10.3 Å². The van der Waals surface area contributed by atoms with E-state index in [2.05, 4.69) is 29.4 Å². The number of aryl methyl sites for hydroxylation is 1. The number of nitrogens with zero attached hydrogens (tertiary/aromatic N) is 1. The second-order valence-electron chi connectivity index (χ2n) is 4.57. The number of nitrogens with one attached hydrogen (secondary N) is 1. The molecule has 0 saturated carbocycles. The molecule has 2 aromatic rings. The van der Waals surface area contributed by atoms with Gasteiger partial charge in [-0.25, -0.2) is 0 Å². The van der Waals surface area contributed by atoms with Crippen molar-refractivity contribution in [3.05, 3.63) is 53.3 Å². The summed E-state index contributed by atoms with van der Waals surface area (Å²) in [6, 6.07) is 8.07. The van der Waals surface area contributed by atoms with Gasteiger partial charge in [0.05, 0.1) is 0 Å². The number of pyridine rings is 1. The highest BCUT2D eigenvalue weighted by Crippen LogP contribution is 2.26. The van der Waals surface area contributed by atoms with Crippen LogP contribution in [0.4, 0.5) is 0 Å². The molecule has 1 aromatic heterocycles. The minimum Gasteiger partial charge on any atom is -0.352 e. The first-order chi connectivity index (χ1) is 8.75. The summed E-state index contributed by atoms with van der Waals surface area (Å²) in [6.07, 6.45) is 4.54. The summed E-state index contributed by atoms with van der Waals surface area (Å²) in [5, 5.41) is 2.88. The Kier molecular flexibility index (Phi) is 2.59. The van der Waals surface area contributed by atoms with E-state index in [4.69, 9.17) is 0 Å². The maximum Gasteiger partial charge on any atom is 0.251 e. The van der Waals surface area contributed by atoms with Crippen LogP contribution in [-0.2, 0) is 6.42 Å². The highest BCUT2D eigenvalue weighted by molar-refractivity contribution is 5.98. The fourth-order valence-corrected chi connectivity index (χ4v) is 2.35. The lowest BCUT2D eigenvalue weighted by Crippen LogP contribution is -2.31. The zero-order chi connectivity index (χ0) is 12.5. The lowest BCUT2D eigenvalue weighted by molar-refractivity contribution is 0.0946. The van der Waals surface area contributed by atoms with Gasteiger partial charge in [-0.1, -0.05) is 12.1 Å². The summed E-state index contributed by atoms with van der Waals surface area (Å²) in [6.45, 7) is 2.79. The summed E-state index contributed by atoms with van der Waals surface area (Å²) < 4.78 is 0. The summed E-state index contributed by atoms with van der Waals surface area (Å²) >= 11 is 0. The molecule has 0 fully saturated rings. The first-order valence-electron chi connectivity index (χ1n) is 6.08. The van der Waals surface area contributed by atoms with Gasteiger partial charge in [-0.2, -0.15) is 0 Å². The van der Waals surface area contributed by atoms with Crippen LogP contribution in [0.2, 0.25) is 0 Å². The number of rotatable bonds is 1. The van der Waals surface area contributed by atoms with Crippen LogP contribution in [0, 0.1) is 6.92 Å². The Morgan fingerprint density at radius 3 is 2.94 bits per heavy atom. The molecule has 3 rings (SSSR count). The molecule has 0 aliphatic carbocycles. The molecule has 0 bridgehead atoms. The van der Waals surface area contributed by atoms with Crippen LogP contribution in [-0.4, -0.2) is 17.4 Å². The van der Waals surface area contributed by atoms with E-state index in [1.807, 2.05) is 18.3 Å². The number of carbonyl (C=O) groups excluding carboxylic acids is 1. The Hall–Kier alpha value is -2.16. The van der Waals surface area contributed by atoms with Crippen LogP contribution in [0.3, 0.4) is 0 Å². The Bertz CT molecular complexity index is 620. The van der Waals surface area contributed by atoms with E-state index in [1.54, 1.807) is 6.20 Å². The zero-order valence-electron chi connectivity index (χ0n) is 10.2. The highest BCUT2D eigenvalue weighted by atomic mass is 16.1. The zero-order valence-corrected chi connectivity index (χ0v) is 10.2. The molecule has 0 saturated heterocycles. The number of hydrogen-bond donors (Lipinski definition) is 1. The van der Waals surface area contributed by atoms with Crippen LogP contribution < -0.4 is 5.32 Å². The van der Waals surface area contributed by atoms with Crippen molar-refractivity contribution in [1.29, 1.82) is 0 Å². The quantitative estimate of drug-likeness (QED) is 0.828. The van der Waals surface area contributed by atoms with E-state index < -0.39 is 0 Å². The van der Waals surface area contributed by atoms with Crippen molar-refractivity contribution < 1.29 is 4.79 Å². The molecule has 1 amide bonds. The van der Waals surface area contributed by atoms with Gasteiger partial charge in [0.25, 0.3) is 5.91 Å². The molecule has 18 heavy (non-hydrogen) atoms. The van der Waals surface area contributed by atoms with Gasteiger partial charge in [0.15, 0.2) is 0 Å². The lowest BCUT2D eigenvalue weighted by Gasteiger charge is -2.17. The fourth-order valence-electron chi connectivity index (χ4n) is 2.35. The van der Waals surface area contributed by atoms with Gasteiger partial charge in [-0.3, -0.25) is 9.78 Å². The number of amides is 1. The molecule has 0 atom stereocenters. The van der Waals surface area contributed by atoms with Crippen molar-refractivity contribution in [2.75, 3.05) is 6.54 Å². The topological polar surface area (TPSA) is 42.0 Å². The summed E-state index contributed by atoms with van der Waals surface area (Å²) in [4.78, 5) is 16.0. The Labute approximate surface area is 106 Å². The van der Waals surface area contributed by atoms with Crippen LogP contribution in [0.15, 0.2) is 36.7 Å². The van der Waals surface area contributed by atoms with Gasteiger partial charge in [-0.05, 0) is 42.2 Å². The smallest absolute Gasteiger partial charge is 0.251 e. The Morgan fingerprint density at radius 2 is 2.11 bits per heavy atom. The summed E-state index contributed by atoms with van der Waals surface area (Å²) in [5.74, 6) is 0.0274. The van der Waals surface area contributed by atoms with Crippen molar-refractivity contribution in [3.8, 4) is 11.1 Å². The first-order valence-corrected chi connectivity index (χ1v) is 6.08. The molecule has 0 spiro atoms. The third-order valence-electron chi connectivity index (χ3n) is 3.38. The monoisotopic (exact) mass is 238 g/mol. The van der Waals surface area contributed by atoms with Crippen molar-refractivity contribution >= 4 is 5.91 Å². The van der Waals surface area contributed by atoms with Crippen molar-refractivity contribution in [2.24, 2.45) is 0 Å². The standard InChI is InChI=1S/C15H14N2O/c1-10-4-6-16-9-14(10)12-3-2-11-5-7-17-15(18)13(11)8-12/h2-4,6,8-9H,5,7H2,1H3,(H,17,18). The lowest BCUT2D eigenvalue weighted by atomic mass is 9.94. The largest absolute Gasteiger partial charge is 0.352 e. The third-order valence-corrected chi connectivity index (χ3v) is 3.38. The van der Waals surface area contributed by atoms with Crippen LogP contribution in [0.25, 0.3) is 11.1 Å². The second-order valence-corrected chi connectivity index (χ2v) is 4.57. The van der Waals surface area contributed by atoms with Crippen LogP contribution >= 0.6 is 0 Å². The van der Waals surface area contributed by atoms with Crippen LogP contribution in [0.1, 0.15) is 21.5 Å². The predicted octanol–water partition coefficient (Wildman–Crippen LogP) is 2.34. The molecule has 1 aromatic carbocycles. The molecule has 1 aliphatic rings. The molecule has 3 heteroatoms. The number of hydrogen-bond acceptors (Lipinski definition) is 2. The van der Waals surface area contributed by atoms with Crippen LogP contribution in [0.5, 0.6) is 0 Å². The fraction of sp³-hybridized carbons (Fsp3) is 0.200. The summed E-state index contributed by atoms with van der Waals surface area (Å²) in [5.41, 5.74) is 5.22. The molecular weight excluding hydrogens is 224 g/mol. The Balaban J connectivity index is 2.13. The average Bonchev–Trinajstić information content (AvgIpc) is 2.40. The van der Waals surface area contributed by atoms with Gasteiger partial charge >= 0.3 is 0 Å². The van der Waals surface area contributed by atoms with E-state index in [-0.39, 0.29) is 5.91 Å². The average molecular weight is 238 g/mol. The SMILES string of the molecule is Cc1ccncc1-c1ccc2c(c1)C(=O)NCC2. The number of aromatic nitrogens is 1. The molecule has 0 unspecified atom stereocenters. The van der Waals surface area contributed by atoms with Gasteiger partial charge < -0.3 is 5.32 Å². The first kappa shape index (κ1) is 11.0. The molecular formula is C15H14N2O. The molecule has 0 radical (unpaired) electrons. The highest BCUT2D eigenvalue weighted by Gasteiger charge is 2.17. The van der Waals surface area contributed by atoms with Gasteiger partial charge in [0.2, 0.25) is 0 Å². The van der Waals surface area contributed by atoms with E-state index in [1.165, 1.54) is 5.56 Å². The van der Waals surface area contributed by atoms with Gasteiger partial charge in [0, 0.05) is 30.1 Å². The van der Waals surface area contributed by atoms with E-state index in [9.17, 15) is 4.79 Å². The maximum absolute atomic E-state index is 11.8. The minimum absolute atomic E-state index is 0.0274.